The van der Waals surface area contributed by atoms with Crippen molar-refractivity contribution in [3.05, 3.63) is 0 Å². The number of esters is 2. The van der Waals surface area contributed by atoms with Crippen molar-refractivity contribution in [2.24, 2.45) is 0 Å². The molecule has 0 unspecified atom stereocenters. The van der Waals surface area contributed by atoms with Crippen molar-refractivity contribution in [2.45, 2.75) is 47.5 Å². The Labute approximate surface area is 151 Å². The fraction of sp³-hybridized carbons (Fsp3) is 0.643. The van der Waals surface area contributed by atoms with E-state index in [4.69, 9.17) is 7.61 Å². The van der Waals surface area contributed by atoms with E-state index in [1.165, 1.54) is 20.8 Å². The van der Waals surface area contributed by atoms with E-state index < -0.39 is 11.9 Å². The van der Waals surface area contributed by atoms with Crippen LogP contribution in [0.4, 0.5) is 0 Å². The molecule has 0 fully saturated rings. The molecule has 0 aliphatic carbocycles. The summed E-state index contributed by atoms with van der Waals surface area (Å²) in [6, 6.07) is 0. The molecule has 9 heteroatoms. The predicted molar refractivity (Wildman–Crippen MR) is 76.3 cm³/mol. The van der Waals surface area contributed by atoms with Crippen molar-refractivity contribution >= 4 is 29.8 Å². The van der Waals surface area contributed by atoms with Crippen molar-refractivity contribution < 1.29 is 61.0 Å². The number of Topliss-reactive ketones (excluding diaryl/α,β-unsaturated/α-hetero) is 2. The van der Waals surface area contributed by atoms with Crippen molar-refractivity contribution in [3.63, 3.8) is 0 Å². The van der Waals surface area contributed by atoms with Gasteiger partial charge >= 0.3 is 39.5 Å². The molecule has 0 aromatic carbocycles. The van der Waals surface area contributed by atoms with Crippen LogP contribution in [-0.2, 0) is 61.0 Å². The third kappa shape index (κ3) is 44.9. The van der Waals surface area contributed by atoms with Gasteiger partial charge in [-0.15, -0.1) is 0 Å². The summed E-state index contributed by atoms with van der Waals surface area (Å²) in [5.74, 6) is -1.20. The Morgan fingerprint density at radius 3 is 1.17 bits per heavy atom. The third-order valence-corrected chi connectivity index (χ3v) is 1.40. The van der Waals surface area contributed by atoms with Crippen LogP contribution in [0.3, 0.4) is 0 Å². The SMILES string of the molecule is CC=O.CCOC(=O)CC(C)=O.CCOC(=O)CC(C)=O.[O]=[Zr]. The minimum atomic E-state index is -0.440. The van der Waals surface area contributed by atoms with Crippen LogP contribution in [0.2, 0.25) is 0 Å². The van der Waals surface area contributed by atoms with Gasteiger partial charge in [-0.3, -0.25) is 19.2 Å². The van der Waals surface area contributed by atoms with Crippen LogP contribution in [0.5, 0.6) is 0 Å². The number of carbonyl (C=O) groups is 5. The van der Waals surface area contributed by atoms with E-state index in [1.54, 1.807) is 13.8 Å². The summed E-state index contributed by atoms with van der Waals surface area (Å²) in [6.45, 7) is 8.25. The van der Waals surface area contributed by atoms with Gasteiger partial charge in [0.15, 0.2) is 0 Å². The van der Waals surface area contributed by atoms with Gasteiger partial charge < -0.3 is 14.3 Å². The second-order valence-corrected chi connectivity index (χ2v) is 3.60. The zero-order chi connectivity index (χ0) is 19.3. The van der Waals surface area contributed by atoms with E-state index in [-0.39, 0.29) is 24.4 Å². The Morgan fingerprint density at radius 1 is 0.826 bits per heavy atom. The molecule has 0 aromatic heterocycles. The Balaban J connectivity index is -0.000000123. The van der Waals surface area contributed by atoms with E-state index >= 15 is 0 Å². The van der Waals surface area contributed by atoms with E-state index in [1.807, 2.05) is 0 Å². The zero-order valence-electron chi connectivity index (χ0n) is 14.2. The van der Waals surface area contributed by atoms with Gasteiger partial charge in [-0.1, -0.05) is 0 Å². The molecule has 0 amide bonds. The molecule has 0 heterocycles. The van der Waals surface area contributed by atoms with Crippen molar-refractivity contribution in [1.29, 1.82) is 0 Å². The molecule has 0 aromatic rings. The molecule has 0 bridgehead atoms. The molecule has 8 nitrogen and oxygen atoms in total. The Bertz CT molecular complexity index is 325. The molecule has 0 atom stereocenters. The maximum absolute atomic E-state index is 10.4. The van der Waals surface area contributed by atoms with Gasteiger partial charge in [-0.25, -0.2) is 0 Å². The number of hydrogen-bond acceptors (Lipinski definition) is 8. The van der Waals surface area contributed by atoms with Gasteiger partial charge in [0, 0.05) is 0 Å². The van der Waals surface area contributed by atoms with Gasteiger partial charge in [-0.2, -0.15) is 0 Å². The number of aldehydes is 1. The Kier molecular flexibility index (Phi) is 32.9. The summed E-state index contributed by atoms with van der Waals surface area (Å²) < 4.78 is 17.3. The van der Waals surface area contributed by atoms with Crippen LogP contribution < -0.4 is 0 Å². The van der Waals surface area contributed by atoms with Gasteiger partial charge in [0.25, 0.3) is 0 Å². The average Bonchev–Trinajstić information content (AvgIpc) is 2.41. The van der Waals surface area contributed by atoms with Crippen LogP contribution in [0, 0.1) is 0 Å². The summed E-state index contributed by atoms with van der Waals surface area (Å²) in [5, 5.41) is 0. The first-order chi connectivity index (χ1) is 10.7. The van der Waals surface area contributed by atoms with Gasteiger partial charge in [-0.05, 0) is 34.6 Å². The first-order valence-electron chi connectivity index (χ1n) is 6.65. The minimum absolute atomic E-state index is 0.103. The predicted octanol–water partition coefficient (Wildman–Crippen LogP) is 1.14. The molecule has 132 valence electrons. The van der Waals surface area contributed by atoms with E-state index in [9.17, 15) is 19.2 Å². The molecule has 0 saturated heterocycles. The number of ether oxygens (including phenoxy) is 2. The Hall–Kier alpha value is -1.37. The monoisotopic (exact) mass is 410 g/mol. The molecule has 0 aliphatic rings. The topological polar surface area (TPSA) is 121 Å². The second-order valence-electron chi connectivity index (χ2n) is 3.60. The summed E-state index contributed by atoms with van der Waals surface area (Å²) >= 11 is 0.300. The quantitative estimate of drug-likeness (QED) is 0.362. The number of rotatable bonds is 6. The van der Waals surface area contributed by atoms with Crippen LogP contribution in [-0.4, -0.2) is 43.0 Å². The summed E-state index contributed by atoms with van der Waals surface area (Å²) in [5.41, 5.74) is 0. The third-order valence-electron chi connectivity index (χ3n) is 1.40. The van der Waals surface area contributed by atoms with Crippen molar-refractivity contribution in [1.82, 2.24) is 0 Å². The molecule has 0 aliphatic heterocycles. The fourth-order valence-corrected chi connectivity index (χ4v) is 0.831. The first-order valence-corrected chi connectivity index (χ1v) is 7.65. The molecular formula is C14H24O8Zr. The fourth-order valence-electron chi connectivity index (χ4n) is 0.831. The van der Waals surface area contributed by atoms with Gasteiger partial charge in [0.05, 0.1) is 13.2 Å². The molecule has 0 saturated carbocycles. The summed E-state index contributed by atoms with van der Waals surface area (Å²) in [4.78, 5) is 50.1. The summed E-state index contributed by atoms with van der Waals surface area (Å²) in [7, 11) is 0. The Morgan fingerprint density at radius 2 is 1.04 bits per heavy atom. The first kappa shape index (κ1) is 29.6. The summed E-state index contributed by atoms with van der Waals surface area (Å²) in [6.07, 6.45) is 0.543. The van der Waals surface area contributed by atoms with E-state index in [0.717, 1.165) is 6.29 Å². The number of carbonyl (C=O) groups excluding carboxylic acids is 5. The van der Waals surface area contributed by atoms with Crippen molar-refractivity contribution in [3.8, 4) is 0 Å². The molecule has 0 rings (SSSR count). The van der Waals surface area contributed by atoms with E-state index in [0.29, 0.717) is 37.9 Å². The number of hydrogen-bond donors (Lipinski definition) is 0. The standard InChI is InChI=1S/2C6H10O3.C2H4O.O.Zr/c2*1-3-9-6(8)4-5(2)7;1-2-3;;/h2*3-4H2,1-2H3;2H,1H3;;. The molecule has 0 N–H and O–H groups in total. The molecule has 23 heavy (non-hydrogen) atoms. The zero-order valence-corrected chi connectivity index (χ0v) is 16.6. The second kappa shape index (κ2) is 25.6. The molecule has 0 radical (unpaired) electrons. The van der Waals surface area contributed by atoms with Crippen LogP contribution in [0.1, 0.15) is 47.5 Å². The normalized spacial score (nSPS) is 7.48. The molecule has 0 spiro atoms. The van der Waals surface area contributed by atoms with Crippen LogP contribution in [0.25, 0.3) is 0 Å². The van der Waals surface area contributed by atoms with Crippen LogP contribution in [0.15, 0.2) is 0 Å². The van der Waals surface area contributed by atoms with Crippen LogP contribution >= 0.6 is 0 Å². The van der Waals surface area contributed by atoms with Gasteiger partial charge in [0.2, 0.25) is 0 Å². The van der Waals surface area contributed by atoms with Crippen molar-refractivity contribution in [2.75, 3.05) is 13.2 Å². The average molecular weight is 412 g/mol. The molecular weight excluding hydrogens is 387 g/mol. The number of ketones is 2. The van der Waals surface area contributed by atoms with Gasteiger partial charge in [0.1, 0.15) is 30.7 Å². The van der Waals surface area contributed by atoms with E-state index in [2.05, 4.69) is 9.47 Å². The maximum atomic E-state index is 10.4.